The van der Waals surface area contributed by atoms with Crippen molar-refractivity contribution in [3.63, 3.8) is 0 Å². The first-order valence-corrected chi connectivity index (χ1v) is 11.4. The van der Waals surface area contributed by atoms with E-state index in [-0.39, 0.29) is 24.1 Å². The molecule has 2 aromatic rings. The van der Waals surface area contributed by atoms with E-state index in [2.05, 4.69) is 11.2 Å². The normalized spacial score (nSPS) is 22.6. The number of fused-ring (bicyclic) bond motifs is 1. The number of hydrogen-bond acceptors (Lipinski definition) is 6. The molecule has 0 bridgehead atoms. The minimum Gasteiger partial charge on any atom is -0.491 e. The van der Waals surface area contributed by atoms with Gasteiger partial charge in [-0.3, -0.25) is 9.59 Å². The lowest BCUT2D eigenvalue weighted by atomic mass is 9.91. The summed E-state index contributed by atoms with van der Waals surface area (Å²) in [6, 6.07) is 9.70. The molecule has 1 spiro atoms. The van der Waals surface area contributed by atoms with Gasteiger partial charge >= 0.3 is 0 Å². The molecule has 0 aliphatic carbocycles. The van der Waals surface area contributed by atoms with Crippen molar-refractivity contribution in [2.24, 2.45) is 0 Å². The number of aryl methyl sites for hydroxylation is 2. The number of carbonyl (C=O) groups excluding carboxylic acids is 2. The van der Waals surface area contributed by atoms with Crippen LogP contribution in [-0.2, 0) is 16.0 Å². The quantitative estimate of drug-likeness (QED) is 0.713. The smallest absolute Gasteiger partial charge is 0.276 e. The lowest BCUT2D eigenvalue weighted by molar-refractivity contribution is -0.170. The van der Waals surface area contributed by atoms with Crippen molar-refractivity contribution in [3.8, 4) is 5.75 Å². The fourth-order valence-corrected chi connectivity index (χ4v) is 4.51. The fourth-order valence-electron chi connectivity index (χ4n) is 4.51. The van der Waals surface area contributed by atoms with Crippen LogP contribution in [0.15, 0.2) is 34.9 Å². The van der Waals surface area contributed by atoms with Crippen LogP contribution in [0.4, 0.5) is 0 Å². The molecule has 3 heterocycles. The van der Waals surface area contributed by atoms with Crippen molar-refractivity contribution in [2.45, 2.75) is 45.1 Å². The lowest BCUT2D eigenvalue weighted by Crippen LogP contribution is -2.62. The SMILES string of the molecule is CCN1CCOc2ccccc2CCCCC2(CN(C(=O)c3cc(C)on3)CCO2)C1=O. The highest BCUT2D eigenvalue weighted by molar-refractivity contribution is 5.93. The van der Waals surface area contributed by atoms with Crippen LogP contribution in [0.3, 0.4) is 0 Å². The molecule has 32 heavy (non-hydrogen) atoms. The molecule has 172 valence electrons. The van der Waals surface area contributed by atoms with Crippen molar-refractivity contribution in [1.29, 1.82) is 0 Å². The van der Waals surface area contributed by atoms with Gasteiger partial charge in [0.05, 0.1) is 19.7 Å². The number of hydrogen-bond donors (Lipinski definition) is 0. The lowest BCUT2D eigenvalue weighted by Gasteiger charge is -2.43. The molecule has 4 rings (SSSR count). The van der Waals surface area contributed by atoms with E-state index in [4.69, 9.17) is 14.0 Å². The number of likely N-dealkylation sites (N-methyl/N-ethyl adjacent to an activating group) is 1. The molecule has 1 aromatic carbocycles. The maximum absolute atomic E-state index is 13.7. The van der Waals surface area contributed by atoms with Gasteiger partial charge in [-0.25, -0.2) is 0 Å². The van der Waals surface area contributed by atoms with E-state index in [9.17, 15) is 9.59 Å². The molecule has 2 amide bonds. The van der Waals surface area contributed by atoms with Gasteiger partial charge in [0.1, 0.15) is 18.1 Å². The van der Waals surface area contributed by atoms with E-state index in [0.717, 1.165) is 25.0 Å². The predicted octanol–water partition coefficient (Wildman–Crippen LogP) is 2.85. The van der Waals surface area contributed by atoms with Gasteiger partial charge in [0.15, 0.2) is 11.3 Å². The molecule has 0 N–H and O–H groups in total. The number of rotatable bonds is 2. The second-order valence-corrected chi connectivity index (χ2v) is 8.44. The van der Waals surface area contributed by atoms with E-state index < -0.39 is 5.60 Å². The van der Waals surface area contributed by atoms with Gasteiger partial charge in [0.25, 0.3) is 11.8 Å². The number of para-hydroxylation sites is 1. The van der Waals surface area contributed by atoms with E-state index in [1.165, 1.54) is 5.56 Å². The highest BCUT2D eigenvalue weighted by Crippen LogP contribution is 2.30. The maximum atomic E-state index is 13.7. The van der Waals surface area contributed by atoms with E-state index >= 15 is 0 Å². The standard InChI is InChI=1S/C24H31N3O5/c1-3-26-12-14-30-21-10-5-4-8-19(21)9-6-7-11-24(23(26)29)17-27(13-15-31-24)22(28)20-16-18(2)32-25-20/h4-5,8,10,16H,3,6-7,9,11-15,17H2,1-2H3. The number of benzene rings is 1. The third kappa shape index (κ3) is 4.65. The summed E-state index contributed by atoms with van der Waals surface area (Å²) < 4.78 is 17.3. The first-order chi connectivity index (χ1) is 15.5. The number of nitrogens with zero attached hydrogens (tertiary/aromatic N) is 3. The molecule has 1 unspecified atom stereocenters. The summed E-state index contributed by atoms with van der Waals surface area (Å²) in [7, 11) is 0. The zero-order valence-corrected chi connectivity index (χ0v) is 18.8. The molecule has 1 fully saturated rings. The average Bonchev–Trinajstić information content (AvgIpc) is 3.25. The Hall–Kier alpha value is -2.87. The van der Waals surface area contributed by atoms with Gasteiger partial charge in [0, 0.05) is 19.2 Å². The first-order valence-electron chi connectivity index (χ1n) is 11.4. The van der Waals surface area contributed by atoms with Crippen LogP contribution in [0, 0.1) is 6.92 Å². The second-order valence-electron chi connectivity index (χ2n) is 8.44. The highest BCUT2D eigenvalue weighted by Gasteiger charge is 2.46. The summed E-state index contributed by atoms with van der Waals surface area (Å²) in [5.41, 5.74) is 0.387. The Labute approximate surface area is 188 Å². The minimum atomic E-state index is -1.05. The highest BCUT2D eigenvalue weighted by atomic mass is 16.5. The van der Waals surface area contributed by atoms with E-state index in [1.54, 1.807) is 22.8 Å². The van der Waals surface area contributed by atoms with Crippen molar-refractivity contribution >= 4 is 11.8 Å². The zero-order valence-electron chi connectivity index (χ0n) is 18.8. The van der Waals surface area contributed by atoms with Gasteiger partial charge in [-0.2, -0.15) is 0 Å². The Morgan fingerprint density at radius 2 is 2.03 bits per heavy atom. The molecule has 0 saturated carbocycles. The largest absolute Gasteiger partial charge is 0.491 e. The molecule has 2 aliphatic rings. The van der Waals surface area contributed by atoms with E-state index in [1.807, 2.05) is 25.1 Å². The summed E-state index contributed by atoms with van der Waals surface area (Å²) in [6.45, 7) is 6.07. The van der Waals surface area contributed by atoms with Gasteiger partial charge in [-0.1, -0.05) is 23.4 Å². The molecule has 2 aliphatic heterocycles. The predicted molar refractivity (Wildman–Crippen MR) is 118 cm³/mol. The van der Waals surface area contributed by atoms with Crippen LogP contribution in [0.25, 0.3) is 0 Å². The number of aromatic nitrogens is 1. The van der Waals surface area contributed by atoms with Crippen molar-refractivity contribution < 1.29 is 23.6 Å². The Kier molecular flexibility index (Phi) is 6.79. The molecule has 8 heteroatoms. The molecule has 1 aromatic heterocycles. The Morgan fingerprint density at radius 3 is 2.81 bits per heavy atom. The number of carbonyl (C=O) groups is 2. The second kappa shape index (κ2) is 9.73. The summed E-state index contributed by atoms with van der Waals surface area (Å²) in [5.74, 6) is 1.16. The molecule has 1 saturated heterocycles. The Bertz CT molecular complexity index is 959. The topological polar surface area (TPSA) is 85.1 Å². The summed E-state index contributed by atoms with van der Waals surface area (Å²) in [6.07, 6.45) is 3.15. The zero-order chi connectivity index (χ0) is 22.6. The maximum Gasteiger partial charge on any atom is 0.276 e. The molecule has 0 radical (unpaired) electrons. The summed E-state index contributed by atoms with van der Waals surface area (Å²) in [4.78, 5) is 30.2. The minimum absolute atomic E-state index is 0.0775. The van der Waals surface area contributed by atoms with Crippen LogP contribution in [0.1, 0.15) is 48.0 Å². The van der Waals surface area contributed by atoms with Gasteiger partial charge in [-0.15, -0.1) is 0 Å². The summed E-state index contributed by atoms with van der Waals surface area (Å²) in [5, 5.41) is 3.86. The van der Waals surface area contributed by atoms with E-state index in [0.29, 0.717) is 45.0 Å². The van der Waals surface area contributed by atoms with Crippen LogP contribution >= 0.6 is 0 Å². The number of morpholine rings is 1. The first kappa shape index (κ1) is 22.3. The summed E-state index contributed by atoms with van der Waals surface area (Å²) >= 11 is 0. The van der Waals surface area contributed by atoms with Crippen molar-refractivity contribution in [1.82, 2.24) is 15.0 Å². The van der Waals surface area contributed by atoms with Crippen LogP contribution in [0.5, 0.6) is 5.75 Å². The number of amides is 2. The third-order valence-electron chi connectivity index (χ3n) is 6.25. The monoisotopic (exact) mass is 441 g/mol. The van der Waals surface area contributed by atoms with Crippen LogP contribution in [0.2, 0.25) is 0 Å². The molecule has 1 atom stereocenters. The van der Waals surface area contributed by atoms with Crippen LogP contribution in [-0.4, -0.2) is 71.8 Å². The Balaban J connectivity index is 1.56. The van der Waals surface area contributed by atoms with Crippen molar-refractivity contribution in [2.75, 3.05) is 39.4 Å². The fraction of sp³-hybridized carbons (Fsp3) is 0.542. The molecular formula is C24H31N3O5. The van der Waals surface area contributed by atoms with Crippen molar-refractivity contribution in [3.05, 3.63) is 47.3 Å². The van der Waals surface area contributed by atoms with Gasteiger partial charge in [0.2, 0.25) is 0 Å². The molecular weight excluding hydrogens is 410 g/mol. The van der Waals surface area contributed by atoms with Gasteiger partial charge < -0.3 is 23.8 Å². The Morgan fingerprint density at radius 1 is 1.19 bits per heavy atom. The molecule has 8 nitrogen and oxygen atoms in total. The van der Waals surface area contributed by atoms with Gasteiger partial charge in [-0.05, 0) is 51.2 Å². The third-order valence-corrected chi connectivity index (χ3v) is 6.25. The number of ether oxygens (including phenoxy) is 2. The van der Waals surface area contributed by atoms with Crippen LogP contribution < -0.4 is 4.74 Å². The average molecular weight is 442 g/mol.